The standard InChI is InChI=1S/C14H20BrNO3/c1-18-9-13(2-4-17)16-8-11-7-12(15)6-10-3-5-19-14(10)11/h6-7,13,16-17H,2-5,8-9H2,1H3. The highest BCUT2D eigenvalue weighted by Crippen LogP contribution is 2.32. The predicted octanol–water partition coefficient (Wildman–Crippen LogP) is 1.87. The lowest BCUT2D eigenvalue weighted by atomic mass is 10.1. The van der Waals surface area contributed by atoms with Gasteiger partial charge >= 0.3 is 0 Å². The number of hydrogen-bond acceptors (Lipinski definition) is 4. The van der Waals surface area contributed by atoms with Gasteiger partial charge in [0.2, 0.25) is 0 Å². The first-order valence-corrected chi connectivity index (χ1v) is 7.31. The van der Waals surface area contributed by atoms with E-state index in [4.69, 9.17) is 14.6 Å². The smallest absolute Gasteiger partial charge is 0.127 e. The molecule has 1 aliphatic heterocycles. The number of fused-ring (bicyclic) bond motifs is 1. The Balaban J connectivity index is 2.02. The average Bonchev–Trinajstić information content (AvgIpc) is 2.84. The van der Waals surface area contributed by atoms with Crippen LogP contribution in [-0.2, 0) is 17.7 Å². The van der Waals surface area contributed by atoms with Gasteiger partial charge in [0.1, 0.15) is 5.75 Å². The van der Waals surface area contributed by atoms with Crippen LogP contribution in [0, 0.1) is 0 Å². The van der Waals surface area contributed by atoms with E-state index in [-0.39, 0.29) is 12.6 Å². The number of methoxy groups -OCH3 is 1. The Morgan fingerprint density at radius 1 is 1.53 bits per heavy atom. The largest absolute Gasteiger partial charge is 0.493 e. The number of hydrogen-bond donors (Lipinski definition) is 2. The van der Waals surface area contributed by atoms with Crippen molar-refractivity contribution in [2.75, 3.05) is 26.9 Å². The molecule has 2 rings (SSSR count). The molecule has 5 heteroatoms. The summed E-state index contributed by atoms with van der Waals surface area (Å²) in [6.45, 7) is 2.23. The van der Waals surface area contributed by atoms with E-state index in [2.05, 4.69) is 33.4 Å². The van der Waals surface area contributed by atoms with Crippen molar-refractivity contribution in [2.24, 2.45) is 0 Å². The van der Waals surface area contributed by atoms with Gasteiger partial charge in [-0.05, 0) is 24.1 Å². The second-order valence-electron chi connectivity index (χ2n) is 4.70. The van der Waals surface area contributed by atoms with Gasteiger partial charge in [0, 0.05) is 42.8 Å². The van der Waals surface area contributed by atoms with Crippen LogP contribution in [0.2, 0.25) is 0 Å². The molecule has 0 radical (unpaired) electrons. The monoisotopic (exact) mass is 329 g/mol. The average molecular weight is 330 g/mol. The summed E-state index contributed by atoms with van der Waals surface area (Å²) in [6.07, 6.45) is 1.66. The summed E-state index contributed by atoms with van der Waals surface area (Å²) in [5.74, 6) is 1.01. The van der Waals surface area contributed by atoms with Crippen molar-refractivity contribution in [3.63, 3.8) is 0 Å². The highest BCUT2D eigenvalue weighted by molar-refractivity contribution is 9.10. The quantitative estimate of drug-likeness (QED) is 0.801. The van der Waals surface area contributed by atoms with Gasteiger partial charge in [0.25, 0.3) is 0 Å². The summed E-state index contributed by atoms with van der Waals surface area (Å²) in [7, 11) is 1.67. The van der Waals surface area contributed by atoms with Crippen LogP contribution in [0.5, 0.6) is 5.75 Å². The zero-order chi connectivity index (χ0) is 13.7. The molecule has 106 valence electrons. The normalized spacial score (nSPS) is 15.1. The predicted molar refractivity (Wildman–Crippen MR) is 77.5 cm³/mol. The van der Waals surface area contributed by atoms with E-state index < -0.39 is 0 Å². The fourth-order valence-electron chi connectivity index (χ4n) is 2.33. The fraction of sp³-hybridized carbons (Fsp3) is 0.571. The lowest BCUT2D eigenvalue weighted by Gasteiger charge is -2.18. The van der Waals surface area contributed by atoms with Crippen molar-refractivity contribution in [1.29, 1.82) is 0 Å². The van der Waals surface area contributed by atoms with Gasteiger partial charge in [0.05, 0.1) is 13.2 Å². The number of ether oxygens (including phenoxy) is 2. The maximum atomic E-state index is 9.03. The van der Waals surface area contributed by atoms with Gasteiger partial charge in [-0.2, -0.15) is 0 Å². The van der Waals surface area contributed by atoms with Crippen LogP contribution >= 0.6 is 15.9 Å². The van der Waals surface area contributed by atoms with Crippen LogP contribution in [0.1, 0.15) is 17.5 Å². The van der Waals surface area contributed by atoms with E-state index in [1.807, 2.05) is 0 Å². The molecule has 1 atom stereocenters. The second kappa shape index (κ2) is 7.24. The van der Waals surface area contributed by atoms with Crippen LogP contribution in [0.15, 0.2) is 16.6 Å². The minimum atomic E-state index is 0.158. The lowest BCUT2D eigenvalue weighted by Crippen LogP contribution is -2.33. The molecule has 1 heterocycles. The first kappa shape index (κ1) is 14.8. The molecule has 0 aliphatic carbocycles. The summed E-state index contributed by atoms with van der Waals surface area (Å²) >= 11 is 3.54. The summed E-state index contributed by atoms with van der Waals surface area (Å²) in [5.41, 5.74) is 2.41. The van der Waals surface area contributed by atoms with Crippen molar-refractivity contribution in [2.45, 2.75) is 25.4 Å². The first-order valence-electron chi connectivity index (χ1n) is 6.52. The van der Waals surface area contributed by atoms with Gasteiger partial charge in [-0.25, -0.2) is 0 Å². The topological polar surface area (TPSA) is 50.7 Å². The van der Waals surface area contributed by atoms with Crippen LogP contribution in [0.25, 0.3) is 0 Å². The van der Waals surface area contributed by atoms with E-state index in [1.54, 1.807) is 7.11 Å². The molecule has 0 spiro atoms. The Kier molecular flexibility index (Phi) is 5.63. The summed E-state index contributed by atoms with van der Waals surface area (Å²) in [5, 5.41) is 12.4. The van der Waals surface area contributed by atoms with Crippen molar-refractivity contribution in [3.8, 4) is 5.75 Å². The van der Waals surface area contributed by atoms with E-state index in [1.165, 1.54) is 5.56 Å². The Bertz CT molecular complexity index is 419. The van der Waals surface area contributed by atoms with Crippen LogP contribution in [0.3, 0.4) is 0 Å². The molecule has 1 aromatic rings. The van der Waals surface area contributed by atoms with E-state index in [0.29, 0.717) is 13.0 Å². The molecule has 19 heavy (non-hydrogen) atoms. The number of benzene rings is 1. The van der Waals surface area contributed by atoms with Gasteiger partial charge in [-0.15, -0.1) is 0 Å². The molecule has 0 saturated carbocycles. The number of nitrogens with one attached hydrogen (secondary N) is 1. The molecule has 1 aliphatic rings. The molecule has 0 amide bonds. The maximum absolute atomic E-state index is 9.03. The van der Waals surface area contributed by atoms with E-state index in [0.717, 1.165) is 35.4 Å². The van der Waals surface area contributed by atoms with Crippen LogP contribution in [-0.4, -0.2) is 38.1 Å². The molecular weight excluding hydrogens is 310 g/mol. The van der Waals surface area contributed by atoms with Gasteiger partial charge in [-0.1, -0.05) is 15.9 Å². The Labute approximate surface area is 122 Å². The highest BCUT2D eigenvalue weighted by Gasteiger charge is 2.18. The highest BCUT2D eigenvalue weighted by atomic mass is 79.9. The number of aliphatic hydroxyl groups is 1. The molecule has 4 nitrogen and oxygen atoms in total. The second-order valence-corrected chi connectivity index (χ2v) is 5.61. The zero-order valence-electron chi connectivity index (χ0n) is 11.1. The summed E-state index contributed by atoms with van der Waals surface area (Å²) in [6, 6.07) is 4.36. The van der Waals surface area contributed by atoms with Crippen molar-refractivity contribution in [3.05, 3.63) is 27.7 Å². The summed E-state index contributed by atoms with van der Waals surface area (Å²) < 4.78 is 11.9. The molecular formula is C14H20BrNO3. The molecule has 0 saturated heterocycles. The Morgan fingerprint density at radius 3 is 3.11 bits per heavy atom. The van der Waals surface area contributed by atoms with Crippen molar-refractivity contribution >= 4 is 15.9 Å². The molecule has 0 aromatic heterocycles. The third kappa shape index (κ3) is 3.92. The molecule has 2 N–H and O–H groups in total. The SMILES string of the molecule is COCC(CCO)NCc1cc(Br)cc2c1OCC2. The zero-order valence-corrected chi connectivity index (χ0v) is 12.7. The van der Waals surface area contributed by atoms with Gasteiger partial charge in [-0.3, -0.25) is 0 Å². The minimum Gasteiger partial charge on any atom is -0.493 e. The number of rotatable bonds is 7. The third-order valence-corrected chi connectivity index (χ3v) is 3.71. The molecule has 0 bridgehead atoms. The van der Waals surface area contributed by atoms with Crippen molar-refractivity contribution in [1.82, 2.24) is 5.32 Å². The molecule has 0 fully saturated rings. The van der Waals surface area contributed by atoms with Crippen molar-refractivity contribution < 1.29 is 14.6 Å². The number of aliphatic hydroxyl groups excluding tert-OH is 1. The van der Waals surface area contributed by atoms with Gasteiger partial charge in [0.15, 0.2) is 0 Å². The first-order chi connectivity index (χ1) is 9.24. The molecule has 1 unspecified atom stereocenters. The lowest BCUT2D eigenvalue weighted by molar-refractivity contribution is 0.148. The van der Waals surface area contributed by atoms with Crippen LogP contribution in [0.4, 0.5) is 0 Å². The van der Waals surface area contributed by atoms with E-state index in [9.17, 15) is 0 Å². The maximum Gasteiger partial charge on any atom is 0.127 e. The molecule has 1 aromatic carbocycles. The Hall–Kier alpha value is -0.620. The van der Waals surface area contributed by atoms with E-state index >= 15 is 0 Å². The third-order valence-electron chi connectivity index (χ3n) is 3.25. The van der Waals surface area contributed by atoms with Crippen LogP contribution < -0.4 is 10.1 Å². The number of halogens is 1. The Morgan fingerprint density at radius 2 is 2.37 bits per heavy atom. The van der Waals surface area contributed by atoms with Gasteiger partial charge < -0.3 is 19.9 Å². The fourth-order valence-corrected chi connectivity index (χ4v) is 2.89. The minimum absolute atomic E-state index is 0.158. The summed E-state index contributed by atoms with van der Waals surface area (Å²) in [4.78, 5) is 0.